The van der Waals surface area contributed by atoms with Crippen molar-refractivity contribution in [1.29, 1.82) is 0 Å². The van der Waals surface area contributed by atoms with Gasteiger partial charge in [0.25, 0.3) is 0 Å². The van der Waals surface area contributed by atoms with E-state index in [4.69, 9.17) is 14.9 Å². The Bertz CT molecular complexity index is 298. The first kappa shape index (κ1) is 12.7. The average molecular weight is 226 g/mol. The lowest BCUT2D eigenvalue weighted by molar-refractivity contribution is -0.135. The first-order chi connectivity index (χ1) is 7.74. The Morgan fingerprint density at radius 1 is 1.62 bits per heavy atom. The second kappa shape index (κ2) is 7.03. The summed E-state index contributed by atoms with van der Waals surface area (Å²) in [6.45, 7) is 1.65. The summed E-state index contributed by atoms with van der Waals surface area (Å²) in [5, 5.41) is 0. The van der Waals surface area contributed by atoms with Crippen molar-refractivity contribution in [2.24, 2.45) is 5.73 Å². The van der Waals surface area contributed by atoms with E-state index in [0.717, 1.165) is 12.2 Å². The first-order valence-electron chi connectivity index (χ1n) is 5.28. The fraction of sp³-hybridized carbons (Fsp3) is 0.545. The molecule has 16 heavy (non-hydrogen) atoms. The van der Waals surface area contributed by atoms with E-state index in [9.17, 15) is 4.79 Å². The van der Waals surface area contributed by atoms with Crippen LogP contribution in [0.15, 0.2) is 22.8 Å². The van der Waals surface area contributed by atoms with Crippen LogP contribution in [0.4, 0.5) is 0 Å². The van der Waals surface area contributed by atoms with Gasteiger partial charge in [0.2, 0.25) is 5.91 Å². The third kappa shape index (κ3) is 4.46. The van der Waals surface area contributed by atoms with Crippen LogP contribution in [0.5, 0.6) is 0 Å². The zero-order chi connectivity index (χ0) is 11.8. The third-order valence-electron chi connectivity index (χ3n) is 2.17. The van der Waals surface area contributed by atoms with Gasteiger partial charge in [-0.3, -0.25) is 4.79 Å². The van der Waals surface area contributed by atoms with E-state index in [1.807, 2.05) is 6.07 Å². The van der Waals surface area contributed by atoms with Crippen LogP contribution in [0.3, 0.4) is 0 Å². The number of likely N-dealkylation sites (N-methyl/N-ethyl adjacent to an activating group) is 1. The van der Waals surface area contributed by atoms with Gasteiger partial charge in [0.15, 0.2) is 0 Å². The summed E-state index contributed by atoms with van der Waals surface area (Å²) in [6.07, 6.45) is 2.38. The van der Waals surface area contributed by atoms with Gasteiger partial charge < -0.3 is 19.8 Å². The van der Waals surface area contributed by atoms with Crippen LogP contribution in [0.25, 0.3) is 0 Å². The Kier molecular flexibility index (Phi) is 5.60. The molecule has 0 unspecified atom stereocenters. The quantitative estimate of drug-likeness (QED) is 0.739. The van der Waals surface area contributed by atoms with Gasteiger partial charge in [0, 0.05) is 13.6 Å². The highest BCUT2D eigenvalue weighted by Crippen LogP contribution is 2.01. The molecule has 0 saturated carbocycles. The standard InChI is InChI=1S/C11H18N2O3/c1-13(6-3-5-12)11(14)9-15-8-10-4-2-7-16-10/h2,4,7H,3,5-6,8-9,12H2,1H3. The molecule has 0 bridgehead atoms. The van der Waals surface area contributed by atoms with Crippen LogP contribution in [0.2, 0.25) is 0 Å². The molecule has 0 aromatic carbocycles. The van der Waals surface area contributed by atoms with Crippen LogP contribution >= 0.6 is 0 Å². The van der Waals surface area contributed by atoms with Crippen molar-refractivity contribution >= 4 is 5.91 Å². The highest BCUT2D eigenvalue weighted by Gasteiger charge is 2.08. The number of rotatable bonds is 7. The Balaban J connectivity index is 2.14. The first-order valence-corrected chi connectivity index (χ1v) is 5.28. The lowest BCUT2D eigenvalue weighted by Crippen LogP contribution is -2.32. The van der Waals surface area contributed by atoms with E-state index in [1.165, 1.54) is 0 Å². The Morgan fingerprint density at radius 3 is 3.06 bits per heavy atom. The zero-order valence-electron chi connectivity index (χ0n) is 9.52. The number of nitrogens with two attached hydrogens (primary N) is 1. The summed E-state index contributed by atoms with van der Waals surface area (Å²) in [7, 11) is 1.74. The van der Waals surface area contributed by atoms with E-state index < -0.39 is 0 Å². The van der Waals surface area contributed by atoms with Crippen molar-refractivity contribution < 1.29 is 13.9 Å². The largest absolute Gasteiger partial charge is 0.467 e. The molecular formula is C11H18N2O3. The summed E-state index contributed by atoms with van der Waals surface area (Å²) < 4.78 is 10.3. The molecule has 0 aliphatic heterocycles. The van der Waals surface area contributed by atoms with Gasteiger partial charge in [0.1, 0.15) is 19.0 Å². The molecule has 0 aliphatic carbocycles. The molecule has 1 aromatic heterocycles. The SMILES string of the molecule is CN(CCCN)C(=O)COCc1ccco1. The van der Waals surface area contributed by atoms with E-state index >= 15 is 0 Å². The van der Waals surface area contributed by atoms with Gasteiger partial charge >= 0.3 is 0 Å². The number of carbonyl (C=O) groups is 1. The highest BCUT2D eigenvalue weighted by molar-refractivity contribution is 5.77. The van der Waals surface area contributed by atoms with Gasteiger partial charge in [-0.15, -0.1) is 0 Å². The van der Waals surface area contributed by atoms with Crippen molar-refractivity contribution in [2.45, 2.75) is 13.0 Å². The summed E-state index contributed by atoms with van der Waals surface area (Å²) in [4.78, 5) is 13.1. The maximum absolute atomic E-state index is 11.5. The molecule has 0 radical (unpaired) electrons. The summed E-state index contributed by atoms with van der Waals surface area (Å²) >= 11 is 0. The van der Waals surface area contributed by atoms with E-state index in [1.54, 1.807) is 24.3 Å². The topological polar surface area (TPSA) is 68.7 Å². The normalized spacial score (nSPS) is 10.4. The van der Waals surface area contributed by atoms with Crippen LogP contribution < -0.4 is 5.73 Å². The van der Waals surface area contributed by atoms with Gasteiger partial charge in [-0.25, -0.2) is 0 Å². The molecule has 1 amide bonds. The van der Waals surface area contributed by atoms with Gasteiger partial charge in [-0.05, 0) is 25.1 Å². The molecule has 1 rings (SSSR count). The van der Waals surface area contributed by atoms with Gasteiger partial charge in [-0.1, -0.05) is 0 Å². The Hall–Kier alpha value is -1.33. The average Bonchev–Trinajstić information content (AvgIpc) is 2.78. The van der Waals surface area contributed by atoms with Crippen molar-refractivity contribution in [3.05, 3.63) is 24.2 Å². The Labute approximate surface area is 95.2 Å². The number of amides is 1. The number of nitrogens with zero attached hydrogens (tertiary/aromatic N) is 1. The summed E-state index contributed by atoms with van der Waals surface area (Å²) in [5.41, 5.74) is 5.36. The molecule has 90 valence electrons. The minimum absolute atomic E-state index is 0.0417. The van der Waals surface area contributed by atoms with Crippen molar-refractivity contribution in [3.63, 3.8) is 0 Å². The molecule has 5 nitrogen and oxygen atoms in total. The van der Waals surface area contributed by atoms with E-state index in [0.29, 0.717) is 19.7 Å². The zero-order valence-corrected chi connectivity index (χ0v) is 9.52. The second-order valence-electron chi connectivity index (χ2n) is 3.53. The predicted molar refractivity (Wildman–Crippen MR) is 59.7 cm³/mol. The molecule has 1 aromatic rings. The second-order valence-corrected chi connectivity index (χ2v) is 3.53. The van der Waals surface area contributed by atoms with Crippen molar-refractivity contribution in [2.75, 3.05) is 26.7 Å². The molecule has 2 N–H and O–H groups in total. The molecule has 1 heterocycles. The Morgan fingerprint density at radius 2 is 2.44 bits per heavy atom. The highest BCUT2D eigenvalue weighted by atomic mass is 16.5. The molecule has 0 fully saturated rings. The van der Waals surface area contributed by atoms with Crippen LogP contribution in [-0.2, 0) is 16.1 Å². The van der Waals surface area contributed by atoms with Crippen LogP contribution in [0, 0.1) is 0 Å². The van der Waals surface area contributed by atoms with Crippen LogP contribution in [0.1, 0.15) is 12.2 Å². The lowest BCUT2D eigenvalue weighted by Gasteiger charge is -2.16. The minimum Gasteiger partial charge on any atom is -0.467 e. The van der Waals surface area contributed by atoms with Crippen molar-refractivity contribution in [1.82, 2.24) is 4.90 Å². The lowest BCUT2D eigenvalue weighted by atomic mass is 10.4. The smallest absolute Gasteiger partial charge is 0.248 e. The van der Waals surface area contributed by atoms with Gasteiger partial charge in [-0.2, -0.15) is 0 Å². The third-order valence-corrected chi connectivity index (χ3v) is 2.17. The number of carbonyl (C=O) groups excluding carboxylic acids is 1. The molecule has 0 spiro atoms. The van der Waals surface area contributed by atoms with E-state index in [-0.39, 0.29) is 12.5 Å². The molecule has 0 saturated heterocycles. The van der Waals surface area contributed by atoms with Gasteiger partial charge in [0.05, 0.1) is 6.26 Å². The number of hydrogen-bond donors (Lipinski definition) is 1. The molecule has 0 atom stereocenters. The fourth-order valence-electron chi connectivity index (χ4n) is 1.20. The van der Waals surface area contributed by atoms with E-state index in [2.05, 4.69) is 0 Å². The monoisotopic (exact) mass is 226 g/mol. The van der Waals surface area contributed by atoms with Crippen molar-refractivity contribution in [3.8, 4) is 0 Å². The maximum atomic E-state index is 11.5. The summed E-state index contributed by atoms with van der Waals surface area (Å²) in [6, 6.07) is 3.59. The molecule has 5 heteroatoms. The maximum Gasteiger partial charge on any atom is 0.248 e. The minimum atomic E-state index is -0.0417. The number of ether oxygens (including phenoxy) is 1. The molecular weight excluding hydrogens is 208 g/mol. The fourth-order valence-corrected chi connectivity index (χ4v) is 1.20. The summed E-state index contributed by atoms with van der Waals surface area (Å²) in [5.74, 6) is 0.678. The number of furan rings is 1. The van der Waals surface area contributed by atoms with Crippen LogP contribution in [-0.4, -0.2) is 37.6 Å². The predicted octanol–water partition coefficient (Wildman–Crippen LogP) is 0.603. The molecule has 0 aliphatic rings. The number of hydrogen-bond acceptors (Lipinski definition) is 4.